The molecule has 606 valence electrons. The number of aryl methyl sites for hydroxylation is 11. The van der Waals surface area contributed by atoms with Crippen LogP contribution < -0.4 is 23.7 Å². The Labute approximate surface area is 701 Å². The van der Waals surface area contributed by atoms with Crippen molar-refractivity contribution in [2.75, 3.05) is 0 Å². The number of aromatic nitrogens is 15. The maximum atomic E-state index is 12.6. The van der Waals surface area contributed by atoms with Crippen molar-refractivity contribution in [3.8, 4) is 57.5 Å². The van der Waals surface area contributed by atoms with Gasteiger partial charge in [0.15, 0.2) is 28.9 Å². The summed E-state index contributed by atoms with van der Waals surface area (Å²) < 4.78 is 28.8. The number of nitrogens with zero attached hydrogens (tertiary/aromatic N) is 15. The maximum absolute atomic E-state index is 12.6. The molecule has 0 amide bonds. The standard InChI is InChI=1S/C20H19N3O2.4C19H17N3O2/c1-13-7-8-17(12-21-13)25-18-9-15(3)23-19(11-18)20(24)10-16-6-4-5-14(2)22-16;2*1-13-5-3-6-15(21-13)10-19(23)18-11-17(9-14(2)22-18)24-16-7-4-8-20-12-16;2*1-13-5-6-15(21-11-13)9-19(23)18-10-17(8-14(2)22-18)24-16-4-3-7-20-12-16/h4-9,11-12H,10H2,1-3H3;2*3-9,11-12H,10H2,1-2H3;2*3-8,10-12H,9H2,1-2H3. The van der Waals surface area contributed by atoms with E-state index in [0.29, 0.717) is 86.0 Å². The van der Waals surface area contributed by atoms with Crippen LogP contribution in [-0.4, -0.2) is 104 Å². The Morgan fingerprint density at radius 1 is 0.215 bits per heavy atom. The lowest BCUT2D eigenvalue weighted by Gasteiger charge is -2.08. The van der Waals surface area contributed by atoms with Crippen molar-refractivity contribution in [3.63, 3.8) is 0 Å². The second kappa shape index (κ2) is 43.0. The molecule has 0 spiro atoms. The van der Waals surface area contributed by atoms with Crippen molar-refractivity contribution in [1.82, 2.24) is 74.8 Å². The summed E-state index contributed by atoms with van der Waals surface area (Å²) in [5.41, 5.74) is 14.8. The normalized spacial score (nSPS) is 10.4. The van der Waals surface area contributed by atoms with Gasteiger partial charge in [-0.2, -0.15) is 0 Å². The highest BCUT2D eigenvalue weighted by atomic mass is 16.5. The Morgan fingerprint density at radius 3 is 0.702 bits per heavy atom. The van der Waals surface area contributed by atoms with Crippen LogP contribution in [0.1, 0.15) is 143 Å². The van der Waals surface area contributed by atoms with Gasteiger partial charge in [0.25, 0.3) is 0 Å². The van der Waals surface area contributed by atoms with Crippen LogP contribution in [0.3, 0.4) is 0 Å². The molecule has 15 aromatic rings. The topological polar surface area (TPSA) is 325 Å². The van der Waals surface area contributed by atoms with Crippen molar-refractivity contribution in [3.05, 3.63) is 388 Å². The third-order valence-electron chi connectivity index (χ3n) is 17.2. The SMILES string of the molecule is Cc1ccc(CC(=O)c2cc(Oc3cccnc3)cc(C)n2)nc1.Cc1ccc(CC(=O)c2cc(Oc3cccnc3)cc(C)n2)nc1.Cc1ccc(Oc2cc(C)nc(C(=O)Cc3cccc(C)n3)c2)cn1.Cc1cccc(CC(=O)c2cc(Oc3cccnc3)cc(C)n2)n1.Cc1cccc(CC(=O)c2cc(Oc3cccnc3)cc(C)n2)n1. The third kappa shape index (κ3) is 28.5. The number of pyridine rings is 15. The van der Waals surface area contributed by atoms with E-state index in [1.54, 1.807) is 177 Å². The number of ketones is 5. The second-order valence-electron chi connectivity index (χ2n) is 28.0. The highest BCUT2D eigenvalue weighted by Crippen LogP contribution is 2.29. The first-order valence-corrected chi connectivity index (χ1v) is 38.5. The third-order valence-corrected chi connectivity index (χ3v) is 17.2. The van der Waals surface area contributed by atoms with Gasteiger partial charge in [0.2, 0.25) is 0 Å². The molecule has 0 aliphatic carbocycles. The molecule has 0 radical (unpaired) electrons. The second-order valence-corrected chi connectivity index (χ2v) is 28.0. The zero-order valence-corrected chi connectivity index (χ0v) is 68.7. The zero-order valence-electron chi connectivity index (χ0n) is 68.7. The van der Waals surface area contributed by atoms with Crippen LogP contribution in [0.15, 0.2) is 268 Å². The molecule has 0 saturated carbocycles. The predicted molar refractivity (Wildman–Crippen MR) is 456 cm³/mol. The number of hydrogen-bond donors (Lipinski definition) is 0. The van der Waals surface area contributed by atoms with Crippen molar-refractivity contribution < 1.29 is 47.7 Å². The predicted octanol–water partition coefficient (Wildman–Crippen LogP) is 18.8. The van der Waals surface area contributed by atoms with E-state index in [9.17, 15) is 24.0 Å². The first-order chi connectivity index (χ1) is 58.4. The molecule has 0 aromatic carbocycles. The fraction of sp³-hybridized carbons (Fsp3) is 0.167. The highest BCUT2D eigenvalue weighted by Gasteiger charge is 2.19. The molecule has 15 heterocycles. The van der Waals surface area contributed by atoms with E-state index < -0.39 is 0 Å². The zero-order chi connectivity index (χ0) is 85.6. The fourth-order valence-electron chi connectivity index (χ4n) is 11.6. The Kier molecular flexibility index (Phi) is 30.7. The number of carbonyl (C=O) groups is 5. The maximum Gasteiger partial charge on any atom is 0.187 e. The van der Waals surface area contributed by atoms with Crippen molar-refractivity contribution in [2.45, 2.75) is 108 Å². The number of Topliss-reactive ketones (excluding diaryl/α,β-unsaturated/α-hetero) is 5. The first kappa shape index (κ1) is 86.5. The van der Waals surface area contributed by atoms with Crippen LogP contribution in [-0.2, 0) is 32.1 Å². The molecule has 0 bridgehead atoms. The van der Waals surface area contributed by atoms with Gasteiger partial charge in [0, 0.05) is 178 Å². The lowest BCUT2D eigenvalue weighted by molar-refractivity contribution is 0.0978. The minimum absolute atomic E-state index is 0.0892. The average Bonchev–Trinajstić information content (AvgIpc) is 0.856. The van der Waals surface area contributed by atoms with Crippen molar-refractivity contribution in [2.24, 2.45) is 0 Å². The molecule has 0 atom stereocenters. The van der Waals surface area contributed by atoms with E-state index in [-0.39, 0.29) is 61.0 Å². The quantitative estimate of drug-likeness (QED) is 0.0480. The lowest BCUT2D eigenvalue weighted by atomic mass is 10.1. The Balaban J connectivity index is 0.000000148. The summed E-state index contributed by atoms with van der Waals surface area (Å²) in [6.07, 6.45) is 19.4. The van der Waals surface area contributed by atoms with E-state index in [2.05, 4.69) is 74.8 Å². The van der Waals surface area contributed by atoms with Crippen molar-refractivity contribution >= 4 is 28.9 Å². The molecule has 0 aliphatic rings. The number of carbonyl (C=O) groups excluding carboxylic acids is 5. The van der Waals surface area contributed by atoms with Gasteiger partial charge >= 0.3 is 0 Å². The van der Waals surface area contributed by atoms with Crippen LogP contribution in [0.4, 0.5) is 0 Å². The van der Waals surface area contributed by atoms with Crippen LogP contribution >= 0.6 is 0 Å². The highest BCUT2D eigenvalue weighted by molar-refractivity contribution is 5.98. The van der Waals surface area contributed by atoms with Gasteiger partial charge < -0.3 is 23.7 Å². The molecule has 0 aliphatic heterocycles. The van der Waals surface area contributed by atoms with Gasteiger partial charge in [0.1, 0.15) is 86.0 Å². The number of rotatable bonds is 25. The van der Waals surface area contributed by atoms with Crippen molar-refractivity contribution in [1.29, 1.82) is 0 Å². The average molecular weight is 1610 g/mol. The van der Waals surface area contributed by atoms with Gasteiger partial charge in [-0.25, -0.2) is 24.9 Å². The van der Waals surface area contributed by atoms with Crippen LogP contribution in [0.2, 0.25) is 0 Å². The minimum atomic E-state index is -0.0916. The van der Waals surface area contributed by atoms with E-state index in [4.69, 9.17) is 23.7 Å². The molecule has 25 nitrogen and oxygen atoms in total. The summed E-state index contributed by atoms with van der Waals surface area (Å²) in [7, 11) is 0. The molecular weight excluding hydrogens is 1520 g/mol. The van der Waals surface area contributed by atoms with Gasteiger partial charge in [-0.15, -0.1) is 0 Å². The fourth-order valence-corrected chi connectivity index (χ4v) is 11.6. The Hall–Kier alpha value is -15.4. The largest absolute Gasteiger partial charge is 0.456 e. The molecule has 0 saturated heterocycles. The van der Waals surface area contributed by atoms with Gasteiger partial charge in [-0.05, 0) is 196 Å². The van der Waals surface area contributed by atoms with Gasteiger partial charge in [-0.3, -0.25) is 73.8 Å². The van der Waals surface area contributed by atoms with E-state index in [0.717, 1.165) is 90.8 Å². The monoisotopic (exact) mass is 1610 g/mol. The van der Waals surface area contributed by atoms with Gasteiger partial charge in [0.05, 0.1) is 63.1 Å². The molecule has 121 heavy (non-hydrogen) atoms. The number of hydrogen-bond acceptors (Lipinski definition) is 25. The molecule has 25 heteroatoms. The summed E-state index contributed by atoms with van der Waals surface area (Å²) in [4.78, 5) is 126. The summed E-state index contributed by atoms with van der Waals surface area (Å²) >= 11 is 0. The van der Waals surface area contributed by atoms with E-state index >= 15 is 0 Å². The van der Waals surface area contributed by atoms with E-state index in [1.807, 2.05) is 167 Å². The molecular formula is C96H87N15O10. The number of ether oxygens (including phenoxy) is 5. The Morgan fingerprint density at radius 2 is 0.479 bits per heavy atom. The summed E-state index contributed by atoms with van der Waals surface area (Å²) in [6, 6.07) is 59.8. The molecule has 15 aromatic heterocycles. The van der Waals surface area contributed by atoms with Crippen LogP contribution in [0.25, 0.3) is 0 Å². The lowest BCUT2D eigenvalue weighted by Crippen LogP contribution is -2.08. The summed E-state index contributed by atoms with van der Waals surface area (Å²) in [5.74, 6) is 5.45. The molecule has 0 fully saturated rings. The Bertz CT molecular complexity index is 5750. The van der Waals surface area contributed by atoms with E-state index in [1.165, 1.54) is 0 Å². The smallest absolute Gasteiger partial charge is 0.187 e. The summed E-state index contributed by atoms with van der Waals surface area (Å²) in [6.45, 7) is 20.7. The minimum Gasteiger partial charge on any atom is -0.456 e. The van der Waals surface area contributed by atoms with Crippen LogP contribution in [0.5, 0.6) is 57.5 Å². The first-order valence-electron chi connectivity index (χ1n) is 38.5. The summed E-state index contributed by atoms with van der Waals surface area (Å²) in [5, 5.41) is 0. The molecule has 0 unspecified atom stereocenters. The molecule has 0 N–H and O–H groups in total. The van der Waals surface area contributed by atoms with Crippen LogP contribution in [0, 0.1) is 76.2 Å². The molecule has 15 rings (SSSR count). The van der Waals surface area contributed by atoms with Gasteiger partial charge in [-0.1, -0.05) is 30.3 Å².